The van der Waals surface area contributed by atoms with Crippen LogP contribution in [0.15, 0.2) is 0 Å². The average molecular weight is 236 g/mol. The molecule has 0 radical (unpaired) electrons. The van der Waals surface area contributed by atoms with Gasteiger partial charge in [-0.15, -0.1) is 0 Å². The molecule has 0 spiro atoms. The SMILES string of the molecule is CCCCC(S)C[SiH](OCC)OCC. The van der Waals surface area contributed by atoms with Crippen molar-refractivity contribution in [3.8, 4) is 0 Å². The van der Waals surface area contributed by atoms with Crippen LogP contribution in [0, 0.1) is 0 Å². The largest absolute Gasteiger partial charge is 0.397 e. The third-order valence-electron chi connectivity index (χ3n) is 2.06. The lowest BCUT2D eigenvalue weighted by Gasteiger charge is -2.18. The molecule has 1 unspecified atom stereocenters. The van der Waals surface area contributed by atoms with E-state index in [9.17, 15) is 0 Å². The minimum absolute atomic E-state index is 0.463. The lowest BCUT2D eigenvalue weighted by molar-refractivity contribution is 0.213. The van der Waals surface area contributed by atoms with E-state index < -0.39 is 9.28 Å². The number of hydrogen-bond acceptors (Lipinski definition) is 3. The molecule has 0 aromatic rings. The Kier molecular flexibility index (Phi) is 10.4. The zero-order chi connectivity index (χ0) is 10.8. The van der Waals surface area contributed by atoms with E-state index in [1.165, 1.54) is 19.3 Å². The van der Waals surface area contributed by atoms with Crippen molar-refractivity contribution < 1.29 is 8.85 Å². The van der Waals surface area contributed by atoms with Gasteiger partial charge >= 0.3 is 9.28 Å². The number of rotatable bonds is 9. The van der Waals surface area contributed by atoms with Crippen LogP contribution in [0.5, 0.6) is 0 Å². The molecule has 0 aliphatic heterocycles. The van der Waals surface area contributed by atoms with Crippen molar-refractivity contribution in [2.24, 2.45) is 0 Å². The Morgan fingerprint density at radius 3 is 2.14 bits per heavy atom. The van der Waals surface area contributed by atoms with Crippen molar-refractivity contribution in [1.82, 2.24) is 0 Å². The van der Waals surface area contributed by atoms with Crippen LogP contribution in [0.2, 0.25) is 6.04 Å². The monoisotopic (exact) mass is 236 g/mol. The molecule has 0 aromatic carbocycles. The minimum Gasteiger partial charge on any atom is -0.397 e. The average Bonchev–Trinajstić information content (AvgIpc) is 2.15. The Hall–Kier alpha value is 0.487. The first-order valence-electron chi connectivity index (χ1n) is 5.65. The third-order valence-corrected chi connectivity index (χ3v) is 5.29. The second kappa shape index (κ2) is 10.0. The standard InChI is InChI=1S/C10H24O2SSi/c1-4-7-8-10(13)9-14(11-5-2)12-6-3/h10,13-14H,4-9H2,1-3H3. The van der Waals surface area contributed by atoms with Crippen molar-refractivity contribution in [3.63, 3.8) is 0 Å². The first kappa shape index (κ1) is 14.5. The molecule has 0 saturated carbocycles. The topological polar surface area (TPSA) is 18.5 Å². The van der Waals surface area contributed by atoms with Crippen LogP contribution in [-0.4, -0.2) is 27.7 Å². The van der Waals surface area contributed by atoms with Crippen LogP contribution in [0.25, 0.3) is 0 Å². The van der Waals surface area contributed by atoms with Gasteiger partial charge in [0.15, 0.2) is 0 Å². The molecular formula is C10H24O2SSi. The fourth-order valence-electron chi connectivity index (χ4n) is 1.34. The van der Waals surface area contributed by atoms with E-state index in [0.717, 1.165) is 19.3 Å². The van der Waals surface area contributed by atoms with E-state index in [1.807, 2.05) is 13.8 Å². The van der Waals surface area contributed by atoms with Gasteiger partial charge in [0.1, 0.15) is 0 Å². The fourth-order valence-corrected chi connectivity index (χ4v) is 3.83. The summed E-state index contributed by atoms with van der Waals surface area (Å²) in [7, 11) is -1.41. The summed E-state index contributed by atoms with van der Waals surface area (Å²) >= 11 is 4.56. The summed E-state index contributed by atoms with van der Waals surface area (Å²) in [6.45, 7) is 7.80. The van der Waals surface area contributed by atoms with Crippen LogP contribution in [0.1, 0.15) is 40.0 Å². The molecular weight excluding hydrogens is 212 g/mol. The van der Waals surface area contributed by atoms with Crippen LogP contribution in [0.3, 0.4) is 0 Å². The van der Waals surface area contributed by atoms with Crippen molar-refractivity contribution in [1.29, 1.82) is 0 Å². The van der Waals surface area contributed by atoms with Gasteiger partial charge in [-0.2, -0.15) is 12.6 Å². The number of hydrogen-bond donors (Lipinski definition) is 1. The maximum Gasteiger partial charge on any atom is 0.322 e. The molecule has 0 saturated heterocycles. The maximum atomic E-state index is 5.60. The Morgan fingerprint density at radius 1 is 1.14 bits per heavy atom. The van der Waals surface area contributed by atoms with Gasteiger partial charge in [-0.3, -0.25) is 0 Å². The maximum absolute atomic E-state index is 5.60. The first-order valence-corrected chi connectivity index (χ1v) is 7.93. The number of thiol groups is 1. The van der Waals surface area contributed by atoms with Crippen molar-refractivity contribution >= 4 is 21.9 Å². The van der Waals surface area contributed by atoms with Gasteiger partial charge in [-0.1, -0.05) is 19.8 Å². The minimum atomic E-state index is -1.41. The van der Waals surface area contributed by atoms with E-state index in [1.54, 1.807) is 0 Å². The molecule has 14 heavy (non-hydrogen) atoms. The predicted molar refractivity (Wildman–Crippen MR) is 67.5 cm³/mol. The molecule has 4 heteroatoms. The Morgan fingerprint density at radius 2 is 1.71 bits per heavy atom. The highest BCUT2D eigenvalue weighted by atomic mass is 32.1. The molecule has 0 N–H and O–H groups in total. The normalized spacial score (nSPS) is 13.5. The molecule has 0 fully saturated rings. The van der Waals surface area contributed by atoms with E-state index in [2.05, 4.69) is 19.6 Å². The smallest absolute Gasteiger partial charge is 0.322 e. The van der Waals surface area contributed by atoms with Crippen molar-refractivity contribution in [3.05, 3.63) is 0 Å². The summed E-state index contributed by atoms with van der Waals surface area (Å²) in [5.74, 6) is 0. The second-order valence-corrected chi connectivity index (χ2v) is 6.10. The van der Waals surface area contributed by atoms with Crippen molar-refractivity contribution in [2.45, 2.75) is 51.3 Å². The molecule has 2 nitrogen and oxygen atoms in total. The van der Waals surface area contributed by atoms with Gasteiger partial charge in [0.2, 0.25) is 0 Å². The number of unbranched alkanes of at least 4 members (excludes halogenated alkanes) is 1. The quantitative estimate of drug-likeness (QED) is 0.490. The third kappa shape index (κ3) is 7.85. The van der Waals surface area contributed by atoms with Crippen LogP contribution >= 0.6 is 12.6 Å². The van der Waals surface area contributed by atoms with E-state index in [-0.39, 0.29) is 0 Å². The van der Waals surface area contributed by atoms with Gasteiger partial charge < -0.3 is 8.85 Å². The highest BCUT2D eigenvalue weighted by molar-refractivity contribution is 7.81. The summed E-state index contributed by atoms with van der Waals surface area (Å²) in [6.07, 6.45) is 3.68. The molecule has 0 heterocycles. The molecule has 0 bridgehead atoms. The lowest BCUT2D eigenvalue weighted by atomic mass is 10.2. The lowest BCUT2D eigenvalue weighted by Crippen LogP contribution is -2.26. The molecule has 0 aliphatic rings. The Labute approximate surface area is 95.6 Å². The van der Waals surface area contributed by atoms with Gasteiger partial charge in [0.25, 0.3) is 0 Å². The Balaban J connectivity index is 3.64. The zero-order valence-electron chi connectivity index (χ0n) is 9.66. The predicted octanol–water partition coefficient (Wildman–Crippen LogP) is 2.77. The fraction of sp³-hybridized carbons (Fsp3) is 1.00. The Bertz CT molecular complexity index is 119. The van der Waals surface area contributed by atoms with Gasteiger partial charge in [0, 0.05) is 18.5 Å². The van der Waals surface area contributed by atoms with E-state index in [0.29, 0.717) is 5.25 Å². The highest BCUT2D eigenvalue weighted by Crippen LogP contribution is 2.14. The van der Waals surface area contributed by atoms with Crippen LogP contribution < -0.4 is 0 Å². The van der Waals surface area contributed by atoms with Gasteiger partial charge in [-0.25, -0.2) is 0 Å². The van der Waals surface area contributed by atoms with Crippen LogP contribution in [0.4, 0.5) is 0 Å². The summed E-state index contributed by atoms with van der Waals surface area (Å²) in [5.41, 5.74) is 0. The van der Waals surface area contributed by atoms with Gasteiger partial charge in [0.05, 0.1) is 0 Å². The summed E-state index contributed by atoms with van der Waals surface area (Å²) in [6, 6.07) is 1.03. The molecule has 0 rings (SSSR count). The highest BCUT2D eigenvalue weighted by Gasteiger charge is 2.16. The van der Waals surface area contributed by atoms with Crippen molar-refractivity contribution in [2.75, 3.05) is 13.2 Å². The summed E-state index contributed by atoms with van der Waals surface area (Å²) in [5, 5.41) is 0.463. The summed E-state index contributed by atoms with van der Waals surface area (Å²) in [4.78, 5) is 0. The van der Waals surface area contributed by atoms with Crippen LogP contribution in [-0.2, 0) is 8.85 Å². The first-order chi connectivity index (χ1) is 6.74. The molecule has 86 valence electrons. The zero-order valence-corrected chi connectivity index (χ0v) is 11.7. The second-order valence-electron chi connectivity index (χ2n) is 3.37. The summed E-state index contributed by atoms with van der Waals surface area (Å²) < 4.78 is 11.2. The van der Waals surface area contributed by atoms with E-state index in [4.69, 9.17) is 8.85 Å². The van der Waals surface area contributed by atoms with E-state index >= 15 is 0 Å². The molecule has 0 amide bonds. The molecule has 0 aromatic heterocycles. The molecule has 0 aliphatic carbocycles. The molecule has 1 atom stereocenters. The van der Waals surface area contributed by atoms with Gasteiger partial charge in [-0.05, 0) is 26.3 Å².